The van der Waals surface area contributed by atoms with Crippen LogP contribution in [0.3, 0.4) is 0 Å². The number of carbonyl (C=O) groups excluding carboxylic acids is 1. The van der Waals surface area contributed by atoms with Crippen LogP contribution >= 0.6 is 0 Å². The van der Waals surface area contributed by atoms with Crippen LogP contribution in [0.4, 0.5) is 0 Å². The molecule has 1 aliphatic rings. The molecule has 0 aromatic heterocycles. The Kier molecular flexibility index (Phi) is 7.78. The number of methoxy groups -OCH3 is 3. The molecule has 1 aromatic rings. The number of aryl methyl sites for hydroxylation is 1. The number of ether oxygens (including phenoxy) is 3. The molecule has 6 heteroatoms. The van der Waals surface area contributed by atoms with Gasteiger partial charge in [0.15, 0.2) is 11.5 Å². The van der Waals surface area contributed by atoms with E-state index in [1.54, 1.807) is 21.3 Å². The van der Waals surface area contributed by atoms with E-state index in [0.717, 1.165) is 18.7 Å². The lowest BCUT2D eigenvalue weighted by atomic mass is 9.98. The minimum Gasteiger partial charge on any atom is -0.493 e. The van der Waals surface area contributed by atoms with Crippen molar-refractivity contribution in [2.45, 2.75) is 51.5 Å². The van der Waals surface area contributed by atoms with Gasteiger partial charge in [0, 0.05) is 18.5 Å². The molecule has 0 unspecified atom stereocenters. The first-order valence-corrected chi connectivity index (χ1v) is 9.72. The Balaban J connectivity index is 1.89. The number of hydrogen-bond donors (Lipinski definition) is 1. The zero-order valence-corrected chi connectivity index (χ0v) is 17.4. The van der Waals surface area contributed by atoms with Gasteiger partial charge >= 0.3 is 0 Å². The van der Waals surface area contributed by atoms with Gasteiger partial charge in [-0.05, 0) is 63.9 Å². The van der Waals surface area contributed by atoms with Crippen LogP contribution in [0.25, 0.3) is 0 Å². The summed E-state index contributed by atoms with van der Waals surface area (Å²) in [4.78, 5) is 14.8. The van der Waals surface area contributed by atoms with Crippen molar-refractivity contribution in [3.63, 3.8) is 0 Å². The van der Waals surface area contributed by atoms with Crippen LogP contribution in [0.2, 0.25) is 0 Å². The highest BCUT2D eigenvalue weighted by atomic mass is 16.5. The molecule has 0 radical (unpaired) electrons. The third-order valence-corrected chi connectivity index (χ3v) is 5.30. The lowest BCUT2D eigenvalue weighted by Crippen LogP contribution is -2.53. The normalized spacial score (nSPS) is 15.3. The fraction of sp³-hybridized carbons (Fsp3) is 0.667. The quantitative estimate of drug-likeness (QED) is 0.716. The fourth-order valence-corrected chi connectivity index (χ4v) is 3.55. The van der Waals surface area contributed by atoms with Crippen molar-refractivity contribution in [2.24, 2.45) is 0 Å². The maximum absolute atomic E-state index is 12.4. The summed E-state index contributed by atoms with van der Waals surface area (Å²) >= 11 is 0. The van der Waals surface area contributed by atoms with Gasteiger partial charge in [0.2, 0.25) is 11.7 Å². The van der Waals surface area contributed by atoms with Gasteiger partial charge in [0.1, 0.15) is 0 Å². The predicted molar refractivity (Wildman–Crippen MR) is 107 cm³/mol. The van der Waals surface area contributed by atoms with Gasteiger partial charge in [0.05, 0.1) is 21.3 Å². The number of carbonyl (C=O) groups is 1. The standard InChI is InChI=1S/C21H34N2O4/c1-21(2,23-11-7-6-8-12-23)15-22-19(24)10-9-16-13-17(25-3)20(27-5)18(14-16)26-4/h13-14H,6-12,15H2,1-5H3,(H,22,24). The molecule has 6 nitrogen and oxygen atoms in total. The second kappa shape index (κ2) is 9.83. The summed E-state index contributed by atoms with van der Waals surface area (Å²) < 4.78 is 16.1. The van der Waals surface area contributed by atoms with Crippen LogP contribution in [0.15, 0.2) is 12.1 Å². The van der Waals surface area contributed by atoms with Crippen molar-refractivity contribution in [2.75, 3.05) is 41.0 Å². The molecule has 1 N–H and O–H groups in total. The maximum Gasteiger partial charge on any atom is 0.220 e. The van der Waals surface area contributed by atoms with Crippen molar-refractivity contribution in [3.8, 4) is 17.2 Å². The molecule has 0 atom stereocenters. The largest absolute Gasteiger partial charge is 0.493 e. The summed E-state index contributed by atoms with van der Waals surface area (Å²) in [6, 6.07) is 3.79. The highest BCUT2D eigenvalue weighted by Gasteiger charge is 2.28. The van der Waals surface area contributed by atoms with Crippen LogP contribution in [-0.2, 0) is 11.2 Å². The summed E-state index contributed by atoms with van der Waals surface area (Å²) in [5, 5.41) is 3.10. The minimum absolute atomic E-state index is 0.0113. The summed E-state index contributed by atoms with van der Waals surface area (Å²) in [5.41, 5.74) is 0.970. The highest BCUT2D eigenvalue weighted by molar-refractivity contribution is 5.76. The Hall–Kier alpha value is -1.95. The number of hydrogen-bond acceptors (Lipinski definition) is 5. The monoisotopic (exact) mass is 378 g/mol. The van der Waals surface area contributed by atoms with E-state index in [4.69, 9.17) is 14.2 Å². The fourth-order valence-electron chi connectivity index (χ4n) is 3.55. The van der Waals surface area contributed by atoms with E-state index in [9.17, 15) is 4.79 Å². The lowest BCUT2D eigenvalue weighted by molar-refractivity contribution is -0.121. The SMILES string of the molecule is COc1cc(CCC(=O)NCC(C)(C)N2CCCCC2)cc(OC)c1OC. The number of nitrogens with zero attached hydrogens (tertiary/aromatic N) is 1. The summed E-state index contributed by atoms with van der Waals surface area (Å²) in [5.74, 6) is 1.85. The average Bonchev–Trinajstić information content (AvgIpc) is 2.70. The van der Waals surface area contributed by atoms with Gasteiger partial charge in [-0.2, -0.15) is 0 Å². The van der Waals surface area contributed by atoms with E-state index in [2.05, 4.69) is 24.1 Å². The smallest absolute Gasteiger partial charge is 0.220 e. The van der Waals surface area contributed by atoms with Crippen molar-refractivity contribution < 1.29 is 19.0 Å². The summed E-state index contributed by atoms with van der Waals surface area (Å²) in [6.07, 6.45) is 4.85. The van der Waals surface area contributed by atoms with E-state index in [-0.39, 0.29) is 11.4 Å². The van der Waals surface area contributed by atoms with Crippen molar-refractivity contribution in [1.29, 1.82) is 0 Å². The lowest BCUT2D eigenvalue weighted by Gasteiger charge is -2.41. The molecule has 1 aliphatic heterocycles. The number of likely N-dealkylation sites (tertiary alicyclic amines) is 1. The van der Waals surface area contributed by atoms with Gasteiger partial charge in [-0.15, -0.1) is 0 Å². The van der Waals surface area contributed by atoms with E-state index >= 15 is 0 Å². The Labute approximate surface area is 163 Å². The molecule has 0 saturated carbocycles. The van der Waals surface area contributed by atoms with Crippen molar-refractivity contribution in [1.82, 2.24) is 10.2 Å². The number of rotatable bonds is 9. The molecule has 0 aliphatic carbocycles. The number of nitrogens with one attached hydrogen (secondary N) is 1. The van der Waals surface area contributed by atoms with Gasteiger partial charge in [-0.1, -0.05) is 6.42 Å². The third kappa shape index (κ3) is 5.76. The molecule has 0 spiro atoms. The zero-order valence-electron chi connectivity index (χ0n) is 17.4. The molecule has 1 aromatic carbocycles. The van der Waals surface area contributed by atoms with Crippen LogP contribution in [-0.4, -0.2) is 57.3 Å². The molecular weight excluding hydrogens is 344 g/mol. The molecule has 1 amide bonds. The van der Waals surface area contributed by atoms with E-state index in [1.807, 2.05) is 12.1 Å². The van der Waals surface area contributed by atoms with Gasteiger partial charge < -0.3 is 19.5 Å². The van der Waals surface area contributed by atoms with E-state index < -0.39 is 0 Å². The Morgan fingerprint density at radius 3 is 2.15 bits per heavy atom. The number of benzene rings is 1. The number of amides is 1. The topological polar surface area (TPSA) is 60.0 Å². The highest BCUT2D eigenvalue weighted by Crippen LogP contribution is 2.38. The van der Waals surface area contributed by atoms with Gasteiger partial charge in [-0.3, -0.25) is 9.69 Å². The first-order valence-electron chi connectivity index (χ1n) is 9.72. The van der Waals surface area contributed by atoms with Crippen LogP contribution < -0.4 is 19.5 Å². The Morgan fingerprint density at radius 1 is 1.04 bits per heavy atom. The van der Waals surface area contributed by atoms with E-state index in [0.29, 0.717) is 36.6 Å². The molecular formula is C21H34N2O4. The minimum atomic E-state index is -0.0113. The molecule has 0 bridgehead atoms. The molecule has 152 valence electrons. The first-order chi connectivity index (χ1) is 12.9. The summed E-state index contributed by atoms with van der Waals surface area (Å²) in [6.45, 7) is 7.32. The Bertz CT molecular complexity index is 600. The number of piperidine rings is 1. The maximum atomic E-state index is 12.4. The molecule has 1 saturated heterocycles. The molecule has 27 heavy (non-hydrogen) atoms. The third-order valence-electron chi connectivity index (χ3n) is 5.30. The summed E-state index contributed by atoms with van der Waals surface area (Å²) in [7, 11) is 4.77. The van der Waals surface area contributed by atoms with Crippen LogP contribution in [0, 0.1) is 0 Å². The first kappa shape index (κ1) is 21.4. The van der Waals surface area contributed by atoms with E-state index in [1.165, 1.54) is 19.3 Å². The molecule has 1 fully saturated rings. The van der Waals surface area contributed by atoms with Crippen LogP contribution in [0.5, 0.6) is 17.2 Å². The van der Waals surface area contributed by atoms with Gasteiger partial charge in [0.25, 0.3) is 0 Å². The van der Waals surface area contributed by atoms with Crippen LogP contribution in [0.1, 0.15) is 45.1 Å². The van der Waals surface area contributed by atoms with Crippen molar-refractivity contribution in [3.05, 3.63) is 17.7 Å². The second-order valence-electron chi connectivity index (χ2n) is 7.67. The second-order valence-corrected chi connectivity index (χ2v) is 7.67. The average molecular weight is 379 g/mol. The van der Waals surface area contributed by atoms with Crippen molar-refractivity contribution >= 4 is 5.91 Å². The van der Waals surface area contributed by atoms with Gasteiger partial charge in [-0.25, -0.2) is 0 Å². The zero-order chi connectivity index (χ0) is 19.9. The molecule has 2 rings (SSSR count). The predicted octanol–water partition coefficient (Wildman–Crippen LogP) is 3.03. The molecule has 1 heterocycles. The Morgan fingerprint density at radius 2 is 1.63 bits per heavy atom.